The lowest BCUT2D eigenvalue weighted by atomic mass is 9.73. The van der Waals surface area contributed by atoms with Crippen molar-refractivity contribution in [3.63, 3.8) is 0 Å². The summed E-state index contributed by atoms with van der Waals surface area (Å²) < 4.78 is 0. The van der Waals surface area contributed by atoms with E-state index in [1.54, 1.807) is 18.1 Å². The standard InChI is InChI=1S/C18H23N3S/c1-22-15-7-8-17-16(10-15)18(20-12-19-17)21-9-3-6-14(11-21)13-4-2-5-13/h7-8,10,12-14H,2-6,9,11H2,1H3. The zero-order valence-electron chi connectivity index (χ0n) is 13.2. The Bertz CT molecular complexity index is 668. The monoisotopic (exact) mass is 313 g/mol. The number of hydrogen-bond donors (Lipinski definition) is 0. The van der Waals surface area contributed by atoms with E-state index in [2.05, 4.69) is 39.3 Å². The summed E-state index contributed by atoms with van der Waals surface area (Å²) in [7, 11) is 0. The molecular weight excluding hydrogens is 290 g/mol. The number of thioether (sulfide) groups is 1. The summed E-state index contributed by atoms with van der Waals surface area (Å²) in [6.45, 7) is 2.32. The van der Waals surface area contributed by atoms with E-state index in [-0.39, 0.29) is 0 Å². The van der Waals surface area contributed by atoms with Crippen molar-refractivity contribution in [1.82, 2.24) is 9.97 Å². The van der Waals surface area contributed by atoms with Crippen LogP contribution in [0, 0.1) is 11.8 Å². The third-order valence-corrected chi connectivity index (χ3v) is 6.12. The van der Waals surface area contributed by atoms with Crippen LogP contribution in [0.1, 0.15) is 32.1 Å². The number of aromatic nitrogens is 2. The van der Waals surface area contributed by atoms with Crippen LogP contribution >= 0.6 is 11.8 Å². The molecule has 1 unspecified atom stereocenters. The van der Waals surface area contributed by atoms with E-state index in [1.807, 2.05) is 0 Å². The van der Waals surface area contributed by atoms with Crippen molar-refractivity contribution in [2.45, 2.75) is 37.0 Å². The molecule has 22 heavy (non-hydrogen) atoms. The lowest BCUT2D eigenvalue weighted by Gasteiger charge is -2.41. The maximum atomic E-state index is 4.65. The fourth-order valence-corrected chi connectivity index (χ4v) is 4.34. The first-order valence-electron chi connectivity index (χ1n) is 8.39. The van der Waals surface area contributed by atoms with Crippen molar-refractivity contribution in [3.05, 3.63) is 24.5 Å². The molecule has 0 bridgehead atoms. The van der Waals surface area contributed by atoms with Crippen molar-refractivity contribution in [3.8, 4) is 0 Å². The van der Waals surface area contributed by atoms with E-state index in [1.165, 1.54) is 48.9 Å². The first-order valence-corrected chi connectivity index (χ1v) is 9.61. The van der Waals surface area contributed by atoms with Crippen LogP contribution in [0.5, 0.6) is 0 Å². The second-order valence-corrected chi connectivity index (χ2v) is 7.50. The molecule has 0 N–H and O–H groups in total. The Morgan fingerprint density at radius 3 is 2.73 bits per heavy atom. The van der Waals surface area contributed by atoms with Gasteiger partial charge in [-0.1, -0.05) is 19.3 Å². The zero-order valence-corrected chi connectivity index (χ0v) is 14.0. The number of piperidine rings is 1. The highest BCUT2D eigenvalue weighted by molar-refractivity contribution is 7.98. The lowest BCUT2D eigenvalue weighted by Crippen LogP contribution is -2.40. The van der Waals surface area contributed by atoms with Gasteiger partial charge in [-0.2, -0.15) is 0 Å². The average molecular weight is 313 g/mol. The maximum Gasteiger partial charge on any atom is 0.139 e. The molecule has 1 atom stereocenters. The molecule has 2 aromatic rings. The molecule has 1 aliphatic carbocycles. The summed E-state index contributed by atoms with van der Waals surface area (Å²) in [6, 6.07) is 6.53. The van der Waals surface area contributed by atoms with Crippen LogP contribution < -0.4 is 4.90 Å². The Kier molecular flexibility index (Phi) is 3.95. The normalized spacial score (nSPS) is 22.8. The Labute approximate surface area is 136 Å². The minimum Gasteiger partial charge on any atom is -0.356 e. The summed E-state index contributed by atoms with van der Waals surface area (Å²) >= 11 is 1.78. The first-order chi connectivity index (χ1) is 10.8. The SMILES string of the molecule is CSc1ccc2ncnc(N3CCCC(C4CCC4)C3)c2c1. The maximum absolute atomic E-state index is 4.65. The fraction of sp³-hybridized carbons (Fsp3) is 0.556. The average Bonchev–Trinajstić information content (AvgIpc) is 2.52. The van der Waals surface area contributed by atoms with Crippen molar-refractivity contribution in [1.29, 1.82) is 0 Å². The number of anilines is 1. The first kappa shape index (κ1) is 14.3. The van der Waals surface area contributed by atoms with Crippen molar-refractivity contribution >= 4 is 28.5 Å². The van der Waals surface area contributed by atoms with E-state index in [0.29, 0.717) is 0 Å². The van der Waals surface area contributed by atoms with Gasteiger partial charge in [-0.15, -0.1) is 11.8 Å². The lowest BCUT2D eigenvalue weighted by molar-refractivity contribution is 0.183. The molecule has 1 aromatic carbocycles. The summed E-state index contributed by atoms with van der Waals surface area (Å²) in [5, 5.41) is 1.21. The summed E-state index contributed by atoms with van der Waals surface area (Å²) in [4.78, 5) is 12.9. The molecule has 1 aliphatic heterocycles. The van der Waals surface area contributed by atoms with Crippen LogP contribution in [0.3, 0.4) is 0 Å². The van der Waals surface area contributed by atoms with Crippen LogP contribution in [-0.4, -0.2) is 29.3 Å². The molecule has 1 saturated carbocycles. The predicted molar refractivity (Wildman–Crippen MR) is 93.6 cm³/mol. The summed E-state index contributed by atoms with van der Waals surface area (Å²) in [6.07, 6.45) is 10.9. The Hall–Kier alpha value is -1.29. The van der Waals surface area contributed by atoms with Crippen LogP contribution in [0.15, 0.2) is 29.4 Å². The molecule has 1 aromatic heterocycles. The minimum atomic E-state index is 0.872. The highest BCUT2D eigenvalue weighted by Gasteiger charge is 2.31. The van der Waals surface area contributed by atoms with Gasteiger partial charge in [-0.3, -0.25) is 0 Å². The molecule has 116 valence electrons. The second-order valence-electron chi connectivity index (χ2n) is 6.62. The van der Waals surface area contributed by atoms with E-state index in [0.717, 1.165) is 29.7 Å². The quantitative estimate of drug-likeness (QED) is 0.787. The van der Waals surface area contributed by atoms with Gasteiger partial charge in [0.2, 0.25) is 0 Å². The Morgan fingerprint density at radius 1 is 1.09 bits per heavy atom. The van der Waals surface area contributed by atoms with Gasteiger partial charge in [-0.25, -0.2) is 9.97 Å². The third-order valence-electron chi connectivity index (χ3n) is 5.40. The van der Waals surface area contributed by atoms with E-state index < -0.39 is 0 Å². The van der Waals surface area contributed by atoms with Gasteiger partial charge in [-0.05, 0) is 49.1 Å². The van der Waals surface area contributed by atoms with Gasteiger partial charge in [0, 0.05) is 23.4 Å². The smallest absolute Gasteiger partial charge is 0.139 e. The van der Waals surface area contributed by atoms with Gasteiger partial charge in [0.15, 0.2) is 0 Å². The Morgan fingerprint density at radius 2 is 1.95 bits per heavy atom. The van der Waals surface area contributed by atoms with E-state index >= 15 is 0 Å². The number of hydrogen-bond acceptors (Lipinski definition) is 4. The molecule has 0 amide bonds. The molecule has 1 saturated heterocycles. The number of nitrogens with zero attached hydrogens (tertiary/aromatic N) is 3. The highest BCUT2D eigenvalue weighted by atomic mass is 32.2. The van der Waals surface area contributed by atoms with Crippen LogP contribution in [0.2, 0.25) is 0 Å². The fourth-order valence-electron chi connectivity index (χ4n) is 3.90. The molecule has 0 radical (unpaired) electrons. The van der Waals surface area contributed by atoms with Gasteiger partial charge < -0.3 is 4.90 Å². The van der Waals surface area contributed by atoms with Gasteiger partial charge in [0.1, 0.15) is 12.1 Å². The molecular formula is C18H23N3S. The molecule has 2 fully saturated rings. The van der Waals surface area contributed by atoms with Gasteiger partial charge >= 0.3 is 0 Å². The summed E-state index contributed by atoms with van der Waals surface area (Å²) in [5.74, 6) is 2.99. The topological polar surface area (TPSA) is 29.0 Å². The molecule has 3 nitrogen and oxygen atoms in total. The second kappa shape index (κ2) is 6.07. The molecule has 4 rings (SSSR count). The van der Waals surface area contributed by atoms with Crippen LogP contribution in [-0.2, 0) is 0 Å². The molecule has 0 spiro atoms. The molecule has 2 heterocycles. The van der Waals surface area contributed by atoms with E-state index in [4.69, 9.17) is 0 Å². The molecule has 2 aliphatic rings. The van der Waals surface area contributed by atoms with Gasteiger partial charge in [0.25, 0.3) is 0 Å². The summed E-state index contributed by atoms with van der Waals surface area (Å²) in [5.41, 5.74) is 1.06. The largest absolute Gasteiger partial charge is 0.356 e. The zero-order chi connectivity index (χ0) is 14.9. The number of rotatable bonds is 3. The van der Waals surface area contributed by atoms with E-state index in [9.17, 15) is 0 Å². The minimum absolute atomic E-state index is 0.872. The number of fused-ring (bicyclic) bond motifs is 1. The third kappa shape index (κ3) is 2.58. The van der Waals surface area contributed by atoms with Crippen molar-refractivity contribution < 1.29 is 0 Å². The molecule has 4 heteroatoms. The van der Waals surface area contributed by atoms with Crippen LogP contribution in [0.25, 0.3) is 10.9 Å². The highest BCUT2D eigenvalue weighted by Crippen LogP contribution is 2.39. The predicted octanol–water partition coefficient (Wildman–Crippen LogP) is 4.37. The Balaban J connectivity index is 1.67. The van der Waals surface area contributed by atoms with Gasteiger partial charge in [0.05, 0.1) is 5.52 Å². The van der Waals surface area contributed by atoms with Crippen LogP contribution in [0.4, 0.5) is 5.82 Å². The number of benzene rings is 1. The van der Waals surface area contributed by atoms with Crippen molar-refractivity contribution in [2.24, 2.45) is 11.8 Å². The van der Waals surface area contributed by atoms with Crippen molar-refractivity contribution in [2.75, 3.05) is 24.2 Å².